The third kappa shape index (κ3) is 3.45. The summed E-state index contributed by atoms with van der Waals surface area (Å²) in [6.07, 6.45) is 3.87. The van der Waals surface area contributed by atoms with Crippen molar-refractivity contribution in [3.8, 4) is 22.5 Å². The zero-order valence-electron chi connectivity index (χ0n) is 19.8. The van der Waals surface area contributed by atoms with Crippen LogP contribution in [0.2, 0.25) is 0 Å². The Labute approximate surface area is 198 Å². The molecule has 0 saturated carbocycles. The molecule has 3 aromatic carbocycles. The van der Waals surface area contributed by atoms with Gasteiger partial charge >= 0.3 is 0 Å². The lowest BCUT2D eigenvalue weighted by Crippen LogP contribution is -1.89. The highest BCUT2D eigenvalue weighted by Crippen LogP contribution is 2.31. The number of imidazole rings is 2. The summed E-state index contributed by atoms with van der Waals surface area (Å²) in [6.45, 7) is 8.59. The molecule has 6 rings (SSSR count). The van der Waals surface area contributed by atoms with Gasteiger partial charge in [0.05, 0.1) is 28.6 Å². The van der Waals surface area contributed by atoms with Gasteiger partial charge in [-0.2, -0.15) is 0 Å². The van der Waals surface area contributed by atoms with Crippen LogP contribution in [0.4, 0.5) is 0 Å². The van der Waals surface area contributed by atoms with E-state index >= 15 is 0 Å². The first kappa shape index (κ1) is 20.6. The molecule has 6 aromatic rings. The second kappa shape index (κ2) is 7.80. The third-order valence-corrected chi connectivity index (χ3v) is 6.50. The zero-order chi connectivity index (χ0) is 23.4. The number of pyridine rings is 1. The van der Waals surface area contributed by atoms with Crippen LogP contribution in [-0.2, 0) is 0 Å². The molecule has 0 bridgehead atoms. The lowest BCUT2D eigenvalue weighted by atomic mass is 10.0. The number of benzene rings is 3. The zero-order valence-corrected chi connectivity index (χ0v) is 19.8. The van der Waals surface area contributed by atoms with Crippen LogP contribution in [0, 0.1) is 0 Å². The molecular weight excluding hydrogens is 418 g/mol. The fourth-order valence-corrected chi connectivity index (χ4v) is 4.50. The molecule has 0 radical (unpaired) electrons. The Hall–Kier alpha value is -3.99. The van der Waals surface area contributed by atoms with E-state index in [1.165, 1.54) is 10.8 Å². The van der Waals surface area contributed by atoms with Crippen LogP contribution in [0.15, 0.2) is 67.0 Å². The van der Waals surface area contributed by atoms with Crippen LogP contribution in [0.3, 0.4) is 0 Å². The van der Waals surface area contributed by atoms with Crippen LogP contribution in [0.25, 0.3) is 55.1 Å². The van der Waals surface area contributed by atoms with Crippen molar-refractivity contribution >= 4 is 32.6 Å². The molecule has 34 heavy (non-hydrogen) atoms. The SMILES string of the molecule is CC(C)c1ncc(-c2ccc3cc(-c4ccc5c(ccc6[nH]c(C(C)C)nc65)c4)ncc3c2)[nH]1. The molecule has 0 amide bonds. The third-order valence-electron chi connectivity index (χ3n) is 6.50. The fraction of sp³-hybridized carbons (Fsp3) is 0.207. The summed E-state index contributed by atoms with van der Waals surface area (Å²) in [5.41, 5.74) is 6.35. The minimum atomic E-state index is 0.370. The number of hydrogen-bond acceptors (Lipinski definition) is 3. The van der Waals surface area contributed by atoms with E-state index in [0.29, 0.717) is 11.8 Å². The van der Waals surface area contributed by atoms with Gasteiger partial charge in [-0.25, -0.2) is 9.97 Å². The van der Waals surface area contributed by atoms with E-state index in [1.807, 2.05) is 12.4 Å². The van der Waals surface area contributed by atoms with Crippen LogP contribution in [0.5, 0.6) is 0 Å². The summed E-state index contributed by atoms with van der Waals surface area (Å²) in [7, 11) is 0. The summed E-state index contributed by atoms with van der Waals surface area (Å²) in [5, 5.41) is 4.61. The molecule has 0 atom stereocenters. The molecule has 0 saturated heterocycles. The van der Waals surface area contributed by atoms with Gasteiger partial charge in [0.1, 0.15) is 11.6 Å². The fourth-order valence-electron chi connectivity index (χ4n) is 4.50. The largest absolute Gasteiger partial charge is 0.342 e. The number of nitrogens with zero attached hydrogens (tertiary/aromatic N) is 3. The lowest BCUT2D eigenvalue weighted by molar-refractivity contribution is 0.795. The number of fused-ring (bicyclic) bond motifs is 4. The van der Waals surface area contributed by atoms with Crippen LogP contribution >= 0.6 is 0 Å². The highest BCUT2D eigenvalue weighted by Gasteiger charge is 2.11. The van der Waals surface area contributed by atoms with E-state index in [4.69, 9.17) is 9.97 Å². The first-order valence-electron chi connectivity index (χ1n) is 11.8. The maximum Gasteiger partial charge on any atom is 0.109 e. The van der Waals surface area contributed by atoms with Crippen molar-refractivity contribution in [3.63, 3.8) is 0 Å². The average molecular weight is 446 g/mol. The number of aromatic amines is 2. The Kier molecular flexibility index (Phi) is 4.73. The maximum atomic E-state index is 4.85. The van der Waals surface area contributed by atoms with Gasteiger partial charge < -0.3 is 9.97 Å². The number of hydrogen-bond donors (Lipinski definition) is 2. The summed E-state index contributed by atoms with van der Waals surface area (Å²) in [4.78, 5) is 21.0. The van der Waals surface area contributed by atoms with Crippen molar-refractivity contribution in [2.75, 3.05) is 0 Å². The van der Waals surface area contributed by atoms with Crippen molar-refractivity contribution in [1.29, 1.82) is 0 Å². The molecule has 3 aromatic heterocycles. The quantitative estimate of drug-likeness (QED) is 0.294. The standard InChI is InChI=1S/C29H27N5/c1-16(2)28-31-15-26(33-28)21-6-5-18-13-25(30-14-22(18)12-21)20-7-9-23-19(11-20)8-10-24-27(23)34-29(32-24)17(3)4/h5-17H,1-4H3,(H,31,33)(H,32,34). The smallest absolute Gasteiger partial charge is 0.109 e. The van der Waals surface area contributed by atoms with Gasteiger partial charge in [0.25, 0.3) is 0 Å². The van der Waals surface area contributed by atoms with Gasteiger partial charge in [0.2, 0.25) is 0 Å². The predicted octanol–water partition coefficient (Wildman–Crippen LogP) is 7.57. The minimum absolute atomic E-state index is 0.370. The number of nitrogens with one attached hydrogen (secondary N) is 2. The normalized spacial score (nSPS) is 12.1. The molecule has 5 heteroatoms. The van der Waals surface area contributed by atoms with Crippen molar-refractivity contribution < 1.29 is 0 Å². The molecule has 5 nitrogen and oxygen atoms in total. The van der Waals surface area contributed by atoms with E-state index in [2.05, 4.69) is 97.2 Å². The highest BCUT2D eigenvalue weighted by atomic mass is 14.9. The van der Waals surface area contributed by atoms with Gasteiger partial charge in [-0.15, -0.1) is 0 Å². The highest BCUT2D eigenvalue weighted by molar-refractivity contribution is 6.05. The van der Waals surface area contributed by atoms with Crippen LogP contribution < -0.4 is 0 Å². The van der Waals surface area contributed by atoms with Gasteiger partial charge in [0, 0.05) is 39.9 Å². The van der Waals surface area contributed by atoms with Crippen molar-refractivity contribution in [1.82, 2.24) is 24.9 Å². The molecule has 3 heterocycles. The molecule has 168 valence electrons. The van der Waals surface area contributed by atoms with Crippen molar-refractivity contribution in [2.24, 2.45) is 0 Å². The molecular formula is C29H27N5. The van der Waals surface area contributed by atoms with Gasteiger partial charge in [-0.05, 0) is 35.0 Å². The monoisotopic (exact) mass is 445 g/mol. The Morgan fingerprint density at radius 1 is 0.647 bits per heavy atom. The minimum Gasteiger partial charge on any atom is -0.342 e. The average Bonchev–Trinajstić information content (AvgIpc) is 3.51. The molecule has 0 aliphatic rings. The lowest BCUT2D eigenvalue weighted by Gasteiger charge is -2.07. The second-order valence-corrected chi connectivity index (χ2v) is 9.64. The summed E-state index contributed by atoms with van der Waals surface area (Å²) in [6, 6.07) is 19.4. The van der Waals surface area contributed by atoms with Gasteiger partial charge in [0.15, 0.2) is 0 Å². The topological polar surface area (TPSA) is 70.2 Å². The Morgan fingerprint density at radius 3 is 2.21 bits per heavy atom. The van der Waals surface area contributed by atoms with Gasteiger partial charge in [-0.1, -0.05) is 58.0 Å². The van der Waals surface area contributed by atoms with E-state index in [0.717, 1.165) is 56.0 Å². The number of H-pyrrole nitrogens is 2. The number of rotatable bonds is 4. The predicted molar refractivity (Wildman–Crippen MR) is 140 cm³/mol. The Morgan fingerprint density at radius 2 is 1.41 bits per heavy atom. The summed E-state index contributed by atoms with van der Waals surface area (Å²) in [5.74, 6) is 2.78. The first-order valence-corrected chi connectivity index (χ1v) is 11.8. The Balaban J connectivity index is 1.37. The molecule has 0 aliphatic heterocycles. The maximum absolute atomic E-state index is 4.85. The second-order valence-electron chi connectivity index (χ2n) is 9.64. The van der Waals surface area contributed by atoms with E-state index in [9.17, 15) is 0 Å². The van der Waals surface area contributed by atoms with E-state index in [-0.39, 0.29) is 0 Å². The van der Waals surface area contributed by atoms with Crippen molar-refractivity contribution in [3.05, 3.63) is 78.6 Å². The summed E-state index contributed by atoms with van der Waals surface area (Å²) < 4.78 is 0. The molecule has 0 fully saturated rings. The molecule has 0 aliphatic carbocycles. The van der Waals surface area contributed by atoms with Crippen molar-refractivity contribution in [2.45, 2.75) is 39.5 Å². The van der Waals surface area contributed by atoms with E-state index in [1.54, 1.807) is 0 Å². The summed E-state index contributed by atoms with van der Waals surface area (Å²) >= 11 is 0. The van der Waals surface area contributed by atoms with Gasteiger partial charge in [-0.3, -0.25) is 4.98 Å². The molecule has 2 N–H and O–H groups in total. The first-order chi connectivity index (χ1) is 16.5. The molecule has 0 spiro atoms. The Bertz CT molecular complexity index is 1670. The number of aromatic nitrogens is 5. The van der Waals surface area contributed by atoms with Crippen LogP contribution in [-0.4, -0.2) is 24.9 Å². The van der Waals surface area contributed by atoms with Crippen LogP contribution in [0.1, 0.15) is 51.2 Å². The van der Waals surface area contributed by atoms with E-state index < -0.39 is 0 Å². The molecule has 0 unspecified atom stereocenters.